The van der Waals surface area contributed by atoms with Crippen molar-refractivity contribution in [2.75, 3.05) is 27.2 Å². The highest BCUT2D eigenvalue weighted by atomic mass is 16.2. The predicted octanol–water partition coefficient (Wildman–Crippen LogP) is 0.825. The molecule has 0 radical (unpaired) electrons. The lowest BCUT2D eigenvalue weighted by Crippen LogP contribution is -2.38. The van der Waals surface area contributed by atoms with E-state index in [9.17, 15) is 4.79 Å². The molecule has 18 heavy (non-hydrogen) atoms. The molecule has 0 aliphatic carbocycles. The fourth-order valence-corrected chi connectivity index (χ4v) is 1.39. The summed E-state index contributed by atoms with van der Waals surface area (Å²) in [4.78, 5) is 12.7. The van der Waals surface area contributed by atoms with Crippen LogP contribution in [0.3, 0.4) is 0 Å². The molecule has 102 valence electrons. The molecular weight excluding hydrogens is 230 g/mol. The van der Waals surface area contributed by atoms with E-state index in [1.807, 2.05) is 16.9 Å². The molecule has 1 heterocycles. The Morgan fingerprint density at radius 3 is 2.72 bits per heavy atom. The average Bonchev–Trinajstić information content (AvgIpc) is 2.77. The Hall–Kier alpha value is -1.56. The van der Waals surface area contributed by atoms with Gasteiger partial charge in [-0.05, 0) is 19.9 Å². The summed E-state index contributed by atoms with van der Waals surface area (Å²) >= 11 is 0. The highest BCUT2D eigenvalue weighted by Crippen LogP contribution is 2.03. The van der Waals surface area contributed by atoms with Crippen LogP contribution in [-0.2, 0) is 6.54 Å². The molecule has 6 nitrogen and oxygen atoms in total. The molecule has 1 aromatic heterocycles. The Bertz CT molecular complexity index is 372. The topological polar surface area (TPSA) is 62.2 Å². The smallest absolute Gasteiger partial charge is 0.316 e. The first-order valence-corrected chi connectivity index (χ1v) is 6.20. The third-order valence-electron chi connectivity index (χ3n) is 2.48. The molecule has 2 N–H and O–H groups in total. The van der Waals surface area contributed by atoms with Crippen molar-refractivity contribution in [2.24, 2.45) is 0 Å². The molecule has 1 rings (SSSR count). The largest absolute Gasteiger partial charge is 0.337 e. The van der Waals surface area contributed by atoms with Gasteiger partial charge in [0, 0.05) is 46.0 Å². The number of carbonyl (C=O) groups is 1. The maximum Gasteiger partial charge on any atom is 0.316 e. The van der Waals surface area contributed by atoms with Gasteiger partial charge in [0.15, 0.2) is 0 Å². The van der Waals surface area contributed by atoms with E-state index >= 15 is 0 Å². The second kappa shape index (κ2) is 7.00. The van der Waals surface area contributed by atoms with Crippen molar-refractivity contribution < 1.29 is 4.79 Å². The van der Waals surface area contributed by atoms with Gasteiger partial charge in [0.05, 0.1) is 5.69 Å². The number of rotatable bonds is 6. The van der Waals surface area contributed by atoms with Gasteiger partial charge in [-0.25, -0.2) is 4.79 Å². The van der Waals surface area contributed by atoms with Crippen molar-refractivity contribution in [3.8, 4) is 0 Å². The van der Waals surface area contributed by atoms with Gasteiger partial charge in [-0.1, -0.05) is 0 Å². The van der Waals surface area contributed by atoms with Crippen LogP contribution in [0.2, 0.25) is 0 Å². The zero-order chi connectivity index (χ0) is 13.5. The maximum absolute atomic E-state index is 11.2. The molecule has 1 aromatic rings. The van der Waals surface area contributed by atoms with Gasteiger partial charge in [-0.15, -0.1) is 0 Å². The number of nitrogens with zero attached hydrogens (tertiary/aromatic N) is 3. The number of hydrogen-bond acceptors (Lipinski definition) is 3. The van der Waals surface area contributed by atoms with Gasteiger partial charge in [0.25, 0.3) is 0 Å². The van der Waals surface area contributed by atoms with Crippen LogP contribution < -0.4 is 10.6 Å². The third kappa shape index (κ3) is 4.75. The van der Waals surface area contributed by atoms with Crippen LogP contribution >= 0.6 is 0 Å². The molecular formula is C12H23N5O. The zero-order valence-corrected chi connectivity index (χ0v) is 11.6. The van der Waals surface area contributed by atoms with Crippen LogP contribution in [0.4, 0.5) is 4.79 Å². The quantitative estimate of drug-likeness (QED) is 0.738. The van der Waals surface area contributed by atoms with E-state index in [4.69, 9.17) is 0 Å². The molecule has 0 aromatic carbocycles. The Morgan fingerprint density at radius 2 is 2.17 bits per heavy atom. The summed E-state index contributed by atoms with van der Waals surface area (Å²) in [7, 11) is 3.45. The second-order valence-corrected chi connectivity index (χ2v) is 4.68. The summed E-state index contributed by atoms with van der Waals surface area (Å²) in [6, 6.07) is 2.32. The first-order valence-electron chi connectivity index (χ1n) is 6.20. The van der Waals surface area contributed by atoms with Gasteiger partial charge >= 0.3 is 6.03 Å². The molecule has 0 spiro atoms. The molecule has 0 atom stereocenters. The fourth-order valence-electron chi connectivity index (χ4n) is 1.39. The van der Waals surface area contributed by atoms with Crippen LogP contribution in [0.15, 0.2) is 12.3 Å². The minimum Gasteiger partial charge on any atom is -0.337 e. The number of urea groups is 1. The Kier molecular flexibility index (Phi) is 5.64. The van der Waals surface area contributed by atoms with Gasteiger partial charge in [0.2, 0.25) is 0 Å². The van der Waals surface area contributed by atoms with Gasteiger partial charge in [-0.3, -0.25) is 4.68 Å². The molecule has 0 aliphatic heterocycles. The number of amides is 2. The first kappa shape index (κ1) is 14.5. The highest BCUT2D eigenvalue weighted by molar-refractivity contribution is 5.73. The number of nitrogens with one attached hydrogen (secondary N) is 2. The van der Waals surface area contributed by atoms with E-state index in [1.165, 1.54) is 4.90 Å². The standard InChI is InChI=1S/C12H23N5O/c1-10(2)17-8-5-11(15-17)9-13-6-7-14-12(18)16(3)4/h5,8,10,13H,6-7,9H2,1-4H3,(H,14,18). The summed E-state index contributed by atoms with van der Waals surface area (Å²) in [6.45, 7) is 6.26. The summed E-state index contributed by atoms with van der Waals surface area (Å²) in [6.07, 6.45) is 1.98. The third-order valence-corrected chi connectivity index (χ3v) is 2.48. The number of carbonyl (C=O) groups excluding carboxylic acids is 1. The lowest BCUT2D eigenvalue weighted by atomic mass is 10.4. The second-order valence-electron chi connectivity index (χ2n) is 4.68. The van der Waals surface area contributed by atoms with E-state index in [2.05, 4.69) is 29.6 Å². The van der Waals surface area contributed by atoms with E-state index in [-0.39, 0.29) is 6.03 Å². The lowest BCUT2D eigenvalue weighted by molar-refractivity contribution is 0.217. The van der Waals surface area contributed by atoms with Crippen molar-refractivity contribution in [1.82, 2.24) is 25.3 Å². The van der Waals surface area contributed by atoms with Gasteiger partial charge < -0.3 is 15.5 Å². The van der Waals surface area contributed by atoms with E-state index < -0.39 is 0 Å². The van der Waals surface area contributed by atoms with Crippen molar-refractivity contribution in [2.45, 2.75) is 26.4 Å². The molecule has 0 unspecified atom stereocenters. The maximum atomic E-state index is 11.2. The summed E-state index contributed by atoms with van der Waals surface area (Å²) in [5.41, 5.74) is 1.02. The minimum atomic E-state index is -0.0686. The summed E-state index contributed by atoms with van der Waals surface area (Å²) < 4.78 is 1.94. The Morgan fingerprint density at radius 1 is 1.44 bits per heavy atom. The van der Waals surface area contributed by atoms with E-state index in [0.29, 0.717) is 12.6 Å². The summed E-state index contributed by atoms with van der Waals surface area (Å²) in [5, 5.41) is 10.5. The lowest BCUT2D eigenvalue weighted by Gasteiger charge is -2.11. The molecule has 2 amide bonds. The molecule has 0 fully saturated rings. The van der Waals surface area contributed by atoms with Crippen molar-refractivity contribution >= 4 is 6.03 Å². The molecule has 0 saturated heterocycles. The van der Waals surface area contributed by atoms with Crippen LogP contribution in [0.1, 0.15) is 25.6 Å². The van der Waals surface area contributed by atoms with Crippen LogP contribution in [0.5, 0.6) is 0 Å². The normalized spacial score (nSPS) is 10.7. The Labute approximate surface area is 108 Å². The number of aromatic nitrogens is 2. The fraction of sp³-hybridized carbons (Fsp3) is 0.667. The molecule has 0 aliphatic rings. The molecule has 6 heteroatoms. The predicted molar refractivity (Wildman–Crippen MR) is 71.4 cm³/mol. The van der Waals surface area contributed by atoms with Crippen LogP contribution in [0, 0.1) is 0 Å². The van der Waals surface area contributed by atoms with E-state index in [0.717, 1.165) is 18.8 Å². The zero-order valence-electron chi connectivity index (χ0n) is 11.6. The highest BCUT2D eigenvalue weighted by Gasteiger charge is 2.02. The SMILES string of the molecule is CC(C)n1ccc(CNCCNC(=O)N(C)C)n1. The Balaban J connectivity index is 2.16. The molecule has 0 saturated carbocycles. The monoisotopic (exact) mass is 253 g/mol. The first-order chi connectivity index (χ1) is 8.50. The van der Waals surface area contributed by atoms with Crippen molar-refractivity contribution in [1.29, 1.82) is 0 Å². The minimum absolute atomic E-state index is 0.0686. The molecule has 0 bridgehead atoms. The van der Waals surface area contributed by atoms with Gasteiger partial charge in [0.1, 0.15) is 0 Å². The van der Waals surface area contributed by atoms with E-state index in [1.54, 1.807) is 14.1 Å². The van der Waals surface area contributed by atoms with Crippen LogP contribution in [0.25, 0.3) is 0 Å². The summed E-state index contributed by atoms with van der Waals surface area (Å²) in [5.74, 6) is 0. The van der Waals surface area contributed by atoms with Crippen molar-refractivity contribution in [3.05, 3.63) is 18.0 Å². The average molecular weight is 253 g/mol. The van der Waals surface area contributed by atoms with Crippen LogP contribution in [-0.4, -0.2) is 47.9 Å². The number of hydrogen-bond donors (Lipinski definition) is 2. The van der Waals surface area contributed by atoms with Gasteiger partial charge in [-0.2, -0.15) is 5.10 Å². The van der Waals surface area contributed by atoms with Crippen molar-refractivity contribution in [3.63, 3.8) is 0 Å².